The highest BCUT2D eigenvalue weighted by molar-refractivity contribution is 5.77. The number of amides is 1. The summed E-state index contributed by atoms with van der Waals surface area (Å²) in [6, 6.07) is 2.10. The van der Waals surface area contributed by atoms with Gasteiger partial charge in [-0.3, -0.25) is 14.4 Å². The predicted molar refractivity (Wildman–Crippen MR) is 83.3 cm³/mol. The Balaban J connectivity index is 1.62. The van der Waals surface area contributed by atoms with Crippen molar-refractivity contribution in [1.82, 2.24) is 19.6 Å². The van der Waals surface area contributed by atoms with Crippen LogP contribution in [-0.4, -0.2) is 64.4 Å². The van der Waals surface area contributed by atoms with Crippen molar-refractivity contribution in [2.24, 2.45) is 7.05 Å². The topological polar surface area (TPSA) is 50.6 Å². The zero-order valence-electron chi connectivity index (χ0n) is 13.6. The number of methoxy groups -OCH3 is 1. The second-order valence-corrected chi connectivity index (χ2v) is 6.54. The molecule has 1 aromatic rings. The molecule has 0 radical (unpaired) electrons. The molecule has 0 N–H and O–H groups in total. The van der Waals surface area contributed by atoms with Crippen molar-refractivity contribution in [3.63, 3.8) is 0 Å². The molecule has 2 aliphatic heterocycles. The number of aryl methyl sites for hydroxylation is 1. The molecule has 2 saturated heterocycles. The van der Waals surface area contributed by atoms with Crippen LogP contribution in [-0.2, 0) is 23.1 Å². The monoisotopic (exact) mass is 306 g/mol. The molecule has 6 nitrogen and oxygen atoms in total. The molecule has 3 heterocycles. The number of hydrogen-bond donors (Lipinski definition) is 0. The van der Waals surface area contributed by atoms with Crippen LogP contribution in [0.1, 0.15) is 31.4 Å². The van der Waals surface area contributed by atoms with Gasteiger partial charge < -0.3 is 9.64 Å². The first-order chi connectivity index (χ1) is 10.6. The van der Waals surface area contributed by atoms with E-state index in [1.807, 2.05) is 22.8 Å². The van der Waals surface area contributed by atoms with Crippen molar-refractivity contribution >= 4 is 5.91 Å². The lowest BCUT2D eigenvalue weighted by Gasteiger charge is -2.45. The number of carbonyl (C=O) groups is 1. The molecule has 122 valence electrons. The van der Waals surface area contributed by atoms with E-state index >= 15 is 0 Å². The minimum Gasteiger partial charge on any atom is -0.375 e. The van der Waals surface area contributed by atoms with Crippen molar-refractivity contribution in [1.29, 1.82) is 0 Å². The van der Waals surface area contributed by atoms with Gasteiger partial charge in [-0.1, -0.05) is 0 Å². The number of piperidine rings is 1. The number of nitrogens with zero attached hydrogens (tertiary/aromatic N) is 4. The highest BCUT2D eigenvalue weighted by atomic mass is 16.5. The first-order valence-corrected chi connectivity index (χ1v) is 8.13. The number of rotatable bonds is 4. The van der Waals surface area contributed by atoms with Crippen LogP contribution >= 0.6 is 0 Å². The smallest absolute Gasteiger partial charge is 0.248 e. The fraction of sp³-hybridized carbons (Fsp3) is 0.750. The van der Waals surface area contributed by atoms with Crippen LogP contribution < -0.4 is 0 Å². The number of hydrogen-bond acceptors (Lipinski definition) is 4. The average molecular weight is 306 g/mol. The first-order valence-electron chi connectivity index (χ1n) is 8.13. The summed E-state index contributed by atoms with van der Waals surface area (Å²) in [6.07, 6.45) is 6.62. The fourth-order valence-corrected chi connectivity index (χ4v) is 3.94. The van der Waals surface area contributed by atoms with Crippen LogP contribution in [0.5, 0.6) is 0 Å². The van der Waals surface area contributed by atoms with E-state index in [9.17, 15) is 4.79 Å². The largest absolute Gasteiger partial charge is 0.375 e. The Hall–Kier alpha value is -1.40. The molecule has 1 aromatic heterocycles. The summed E-state index contributed by atoms with van der Waals surface area (Å²) < 4.78 is 6.83. The van der Waals surface area contributed by atoms with Crippen molar-refractivity contribution in [2.45, 2.75) is 37.8 Å². The second kappa shape index (κ2) is 6.38. The van der Waals surface area contributed by atoms with Gasteiger partial charge in [-0.25, -0.2) is 0 Å². The number of likely N-dealkylation sites (tertiary alicyclic amines) is 2. The average Bonchev–Trinajstić information content (AvgIpc) is 3.08. The van der Waals surface area contributed by atoms with E-state index in [1.54, 1.807) is 7.11 Å². The fourth-order valence-electron chi connectivity index (χ4n) is 3.94. The molecule has 0 aromatic carbocycles. The molecule has 1 spiro atoms. The van der Waals surface area contributed by atoms with Gasteiger partial charge >= 0.3 is 0 Å². The summed E-state index contributed by atoms with van der Waals surface area (Å²) >= 11 is 0. The van der Waals surface area contributed by atoms with E-state index in [0.717, 1.165) is 44.7 Å². The Kier molecular flexibility index (Phi) is 4.49. The maximum absolute atomic E-state index is 12.0. The van der Waals surface area contributed by atoms with Crippen LogP contribution in [0.2, 0.25) is 0 Å². The van der Waals surface area contributed by atoms with Crippen molar-refractivity contribution in [3.05, 3.63) is 18.0 Å². The summed E-state index contributed by atoms with van der Waals surface area (Å²) in [5.41, 5.74) is 1.41. The molecule has 0 bridgehead atoms. The van der Waals surface area contributed by atoms with Gasteiger partial charge in [0.25, 0.3) is 0 Å². The number of carbonyl (C=O) groups excluding carboxylic acids is 1. The van der Waals surface area contributed by atoms with Gasteiger partial charge in [-0.05, 0) is 38.3 Å². The van der Waals surface area contributed by atoms with Gasteiger partial charge in [0.2, 0.25) is 5.91 Å². The Morgan fingerprint density at radius 2 is 2.09 bits per heavy atom. The summed E-state index contributed by atoms with van der Waals surface area (Å²) in [6.45, 7) is 3.96. The Morgan fingerprint density at radius 1 is 1.32 bits per heavy atom. The summed E-state index contributed by atoms with van der Waals surface area (Å²) in [5.74, 6) is 0.117. The lowest BCUT2D eigenvalue weighted by molar-refractivity contribution is -0.137. The maximum atomic E-state index is 12.0. The third-order valence-electron chi connectivity index (χ3n) is 5.18. The molecule has 1 amide bonds. The quantitative estimate of drug-likeness (QED) is 0.833. The zero-order chi connectivity index (χ0) is 15.6. The van der Waals surface area contributed by atoms with E-state index in [0.29, 0.717) is 0 Å². The molecule has 0 aliphatic carbocycles. The first kappa shape index (κ1) is 15.5. The van der Waals surface area contributed by atoms with Crippen LogP contribution in [0.4, 0.5) is 0 Å². The number of aromatic nitrogens is 2. The Bertz CT molecular complexity index is 520. The predicted octanol–water partition coefficient (Wildman–Crippen LogP) is 1.02. The van der Waals surface area contributed by atoms with Gasteiger partial charge in [0, 0.05) is 45.5 Å². The highest BCUT2D eigenvalue weighted by Gasteiger charge is 2.43. The van der Waals surface area contributed by atoms with Gasteiger partial charge in [0.15, 0.2) is 0 Å². The lowest BCUT2D eigenvalue weighted by Crippen LogP contribution is -2.53. The van der Waals surface area contributed by atoms with E-state index in [1.165, 1.54) is 12.8 Å². The molecule has 0 atom stereocenters. The van der Waals surface area contributed by atoms with Crippen LogP contribution in [0.3, 0.4) is 0 Å². The minimum atomic E-state index is 0.117. The van der Waals surface area contributed by atoms with Crippen molar-refractivity contribution in [2.75, 3.05) is 33.4 Å². The summed E-state index contributed by atoms with van der Waals surface area (Å²) in [4.78, 5) is 16.5. The molecule has 2 aliphatic rings. The standard InChI is InChI=1S/C16H26N4O2/c1-18-9-4-14(17-18)12-20-8-3-5-16(20)6-10-19(11-7-16)15(21)13-22-2/h4,9H,3,5-8,10-13H2,1-2H3. The van der Waals surface area contributed by atoms with E-state index in [-0.39, 0.29) is 18.1 Å². The summed E-state index contributed by atoms with van der Waals surface area (Å²) in [7, 11) is 3.54. The highest BCUT2D eigenvalue weighted by Crippen LogP contribution is 2.39. The third-order valence-corrected chi connectivity index (χ3v) is 5.18. The van der Waals surface area contributed by atoms with Gasteiger partial charge in [0.1, 0.15) is 6.61 Å². The Labute approximate surface area is 132 Å². The Morgan fingerprint density at radius 3 is 2.73 bits per heavy atom. The molecule has 6 heteroatoms. The van der Waals surface area contributed by atoms with Crippen molar-refractivity contribution < 1.29 is 9.53 Å². The maximum Gasteiger partial charge on any atom is 0.248 e. The van der Waals surface area contributed by atoms with E-state index in [4.69, 9.17) is 4.74 Å². The third kappa shape index (κ3) is 3.03. The molecular weight excluding hydrogens is 280 g/mol. The molecule has 3 rings (SSSR count). The lowest BCUT2D eigenvalue weighted by atomic mass is 9.85. The van der Waals surface area contributed by atoms with Gasteiger partial charge in [-0.15, -0.1) is 0 Å². The van der Waals surface area contributed by atoms with Gasteiger partial charge in [-0.2, -0.15) is 5.10 Å². The SMILES string of the molecule is COCC(=O)N1CCC2(CCCN2Cc2ccn(C)n2)CC1. The van der Waals surface area contributed by atoms with Crippen LogP contribution in [0.25, 0.3) is 0 Å². The molecular formula is C16H26N4O2. The minimum absolute atomic E-state index is 0.117. The zero-order valence-corrected chi connectivity index (χ0v) is 13.6. The van der Waals surface area contributed by atoms with Crippen molar-refractivity contribution in [3.8, 4) is 0 Å². The number of ether oxygens (including phenoxy) is 1. The van der Waals surface area contributed by atoms with Crippen LogP contribution in [0.15, 0.2) is 12.3 Å². The molecule has 0 unspecified atom stereocenters. The second-order valence-electron chi connectivity index (χ2n) is 6.54. The van der Waals surface area contributed by atoms with Crippen LogP contribution in [0, 0.1) is 0 Å². The molecule has 22 heavy (non-hydrogen) atoms. The van der Waals surface area contributed by atoms with E-state index < -0.39 is 0 Å². The van der Waals surface area contributed by atoms with Gasteiger partial charge in [0.05, 0.1) is 5.69 Å². The summed E-state index contributed by atoms with van der Waals surface area (Å²) in [5, 5.41) is 4.51. The normalized spacial score (nSPS) is 21.6. The van der Waals surface area contributed by atoms with E-state index in [2.05, 4.69) is 16.1 Å². The molecule has 0 saturated carbocycles. The molecule has 2 fully saturated rings.